The predicted octanol–water partition coefficient (Wildman–Crippen LogP) is 3.65. The van der Waals surface area contributed by atoms with Crippen molar-refractivity contribution >= 4 is 16.9 Å². The van der Waals surface area contributed by atoms with Crippen LogP contribution in [0.1, 0.15) is 30.6 Å². The summed E-state index contributed by atoms with van der Waals surface area (Å²) >= 11 is 0. The minimum Gasteiger partial charge on any atom is -0.515 e. The van der Waals surface area contributed by atoms with Crippen LogP contribution in [0.4, 0.5) is 0 Å². The average molecular weight is 352 g/mol. The zero-order chi connectivity index (χ0) is 18.3. The maximum atomic E-state index is 12.2. The minimum absolute atomic E-state index is 0.129. The number of piperidine rings is 1. The topological polar surface area (TPSA) is 65.6 Å². The van der Waals surface area contributed by atoms with E-state index in [1.54, 1.807) is 0 Å². The minimum atomic E-state index is -0.460. The van der Waals surface area contributed by atoms with Gasteiger partial charge in [0.2, 0.25) is 0 Å². The molecule has 2 aliphatic heterocycles. The van der Waals surface area contributed by atoms with Gasteiger partial charge >= 0.3 is 5.97 Å². The zero-order valence-corrected chi connectivity index (χ0v) is 15.2. The number of hydrogen-bond donors (Lipinski definition) is 2. The molecule has 0 saturated carbocycles. The molecule has 5 nitrogen and oxygen atoms in total. The van der Waals surface area contributed by atoms with Gasteiger partial charge in [-0.1, -0.05) is 29.8 Å². The highest BCUT2D eigenvalue weighted by Gasteiger charge is 2.40. The van der Waals surface area contributed by atoms with Crippen LogP contribution in [0.15, 0.2) is 47.7 Å². The van der Waals surface area contributed by atoms with Gasteiger partial charge in [-0.2, -0.15) is 0 Å². The van der Waals surface area contributed by atoms with Crippen molar-refractivity contribution in [1.29, 1.82) is 0 Å². The van der Waals surface area contributed by atoms with Crippen LogP contribution < -0.4 is 0 Å². The fourth-order valence-electron chi connectivity index (χ4n) is 4.57. The van der Waals surface area contributed by atoms with E-state index < -0.39 is 5.97 Å². The highest BCUT2D eigenvalue weighted by atomic mass is 16.5. The summed E-state index contributed by atoms with van der Waals surface area (Å²) in [7, 11) is 1.35. The molecule has 0 bridgehead atoms. The van der Waals surface area contributed by atoms with Gasteiger partial charge < -0.3 is 14.8 Å². The molecule has 0 aliphatic carbocycles. The number of methoxy groups -OCH3 is 1. The molecular weight excluding hydrogens is 328 g/mol. The number of aliphatic hydroxyl groups excluding tert-OH is 1. The van der Waals surface area contributed by atoms with Crippen LogP contribution in [0.25, 0.3) is 10.9 Å². The van der Waals surface area contributed by atoms with Gasteiger partial charge in [-0.25, -0.2) is 4.79 Å². The molecule has 2 atom stereocenters. The normalized spacial score (nSPS) is 25.2. The van der Waals surface area contributed by atoms with Crippen molar-refractivity contribution in [2.24, 2.45) is 5.92 Å². The number of carbonyl (C=O) groups is 1. The van der Waals surface area contributed by atoms with E-state index >= 15 is 0 Å². The highest BCUT2D eigenvalue weighted by molar-refractivity contribution is 5.89. The Morgan fingerprint density at radius 2 is 2.19 bits per heavy atom. The van der Waals surface area contributed by atoms with Gasteiger partial charge in [0.05, 0.1) is 25.0 Å². The maximum absolute atomic E-state index is 12.2. The third kappa shape index (κ3) is 2.54. The number of carbonyl (C=O) groups excluding carboxylic acids is 1. The van der Waals surface area contributed by atoms with E-state index in [-0.39, 0.29) is 12.0 Å². The van der Waals surface area contributed by atoms with E-state index in [0.717, 1.165) is 37.8 Å². The molecule has 2 aliphatic rings. The number of rotatable bonds is 2. The summed E-state index contributed by atoms with van der Waals surface area (Å²) in [4.78, 5) is 18.2. The van der Waals surface area contributed by atoms with Crippen molar-refractivity contribution in [2.45, 2.75) is 25.8 Å². The predicted molar refractivity (Wildman–Crippen MR) is 101 cm³/mol. The van der Waals surface area contributed by atoms with Crippen molar-refractivity contribution in [3.63, 3.8) is 0 Å². The molecule has 1 fully saturated rings. The lowest BCUT2D eigenvalue weighted by atomic mass is 9.78. The summed E-state index contributed by atoms with van der Waals surface area (Å²) in [5.74, 6) is -0.589. The van der Waals surface area contributed by atoms with Crippen LogP contribution >= 0.6 is 0 Å². The largest absolute Gasteiger partial charge is 0.515 e. The number of aliphatic hydroxyl groups is 1. The van der Waals surface area contributed by atoms with Crippen molar-refractivity contribution in [1.82, 2.24) is 9.88 Å². The van der Waals surface area contributed by atoms with E-state index in [1.807, 2.05) is 13.0 Å². The molecule has 136 valence electrons. The summed E-state index contributed by atoms with van der Waals surface area (Å²) in [5, 5.41) is 11.0. The van der Waals surface area contributed by atoms with Crippen LogP contribution in [0.3, 0.4) is 0 Å². The Bertz CT molecular complexity index is 909. The second-order valence-corrected chi connectivity index (χ2v) is 7.03. The summed E-state index contributed by atoms with van der Waals surface area (Å²) in [5.41, 5.74) is 5.30. The average Bonchev–Trinajstić information content (AvgIpc) is 3.07. The molecule has 1 aromatic heterocycles. The number of aromatic amines is 1. The number of nitrogens with one attached hydrogen (secondary N) is 1. The Labute approximate surface area is 153 Å². The molecular formula is C21H24N2O3. The van der Waals surface area contributed by atoms with E-state index in [1.165, 1.54) is 29.3 Å². The maximum Gasteiger partial charge on any atom is 0.337 e. The third-order valence-electron chi connectivity index (χ3n) is 5.87. The van der Waals surface area contributed by atoms with Gasteiger partial charge in [-0.15, -0.1) is 0 Å². The van der Waals surface area contributed by atoms with E-state index in [2.05, 4.69) is 34.2 Å². The first-order chi connectivity index (χ1) is 12.7. The molecule has 5 heteroatoms. The van der Waals surface area contributed by atoms with Gasteiger partial charge in [0.25, 0.3) is 0 Å². The van der Waals surface area contributed by atoms with Gasteiger partial charge in [0.1, 0.15) is 0 Å². The summed E-state index contributed by atoms with van der Waals surface area (Å²) in [6.45, 7) is 3.79. The van der Waals surface area contributed by atoms with Crippen molar-refractivity contribution in [3.05, 3.63) is 59.0 Å². The molecule has 2 aromatic rings. The van der Waals surface area contributed by atoms with E-state index in [4.69, 9.17) is 4.74 Å². The molecule has 3 heterocycles. The van der Waals surface area contributed by atoms with Crippen LogP contribution in [-0.4, -0.2) is 41.2 Å². The number of H-pyrrole nitrogens is 1. The molecule has 1 saturated heterocycles. The lowest BCUT2D eigenvalue weighted by molar-refractivity contribution is -0.136. The molecule has 26 heavy (non-hydrogen) atoms. The van der Waals surface area contributed by atoms with Gasteiger partial charge in [0.15, 0.2) is 0 Å². The molecule has 1 aromatic carbocycles. The SMILES string of the molecule is C/C=C1\CN2CCc3c([nH]c4ccccc34)[C@@H]2CC1/C(=C/O)C(=O)OC. The highest BCUT2D eigenvalue weighted by Crippen LogP contribution is 2.44. The lowest BCUT2D eigenvalue weighted by Crippen LogP contribution is -2.43. The zero-order valence-electron chi connectivity index (χ0n) is 15.2. The lowest BCUT2D eigenvalue weighted by Gasteiger charge is -2.43. The number of ether oxygens (including phenoxy) is 1. The molecule has 4 rings (SSSR count). The second kappa shape index (κ2) is 6.65. The third-order valence-corrected chi connectivity index (χ3v) is 5.87. The van der Waals surface area contributed by atoms with E-state index in [9.17, 15) is 9.90 Å². The number of hydrogen-bond acceptors (Lipinski definition) is 4. The standard InChI is InChI=1S/C21H24N2O3/c1-3-13-11-23-9-8-15-14-6-4-5-7-18(14)22-20(15)19(23)10-16(13)17(12-24)21(25)26-2/h3-7,12,16,19,22,24H,8-11H2,1-2H3/b13-3+,17-12-/t16?,19-/m0/s1. The monoisotopic (exact) mass is 352 g/mol. The summed E-state index contributed by atoms with van der Waals surface area (Å²) < 4.78 is 4.89. The molecule has 0 spiro atoms. The first-order valence-corrected chi connectivity index (χ1v) is 9.09. The first-order valence-electron chi connectivity index (χ1n) is 9.09. The van der Waals surface area contributed by atoms with E-state index in [0.29, 0.717) is 5.57 Å². The Morgan fingerprint density at radius 1 is 1.38 bits per heavy atom. The summed E-state index contributed by atoms with van der Waals surface area (Å²) in [6.07, 6.45) is 4.76. The number of esters is 1. The number of benzene rings is 1. The number of nitrogens with zero attached hydrogens (tertiary/aromatic N) is 1. The van der Waals surface area contributed by atoms with Gasteiger partial charge in [-0.3, -0.25) is 4.90 Å². The Balaban J connectivity index is 1.75. The van der Waals surface area contributed by atoms with Crippen LogP contribution in [-0.2, 0) is 16.0 Å². The Kier molecular flexibility index (Phi) is 4.32. The van der Waals surface area contributed by atoms with Crippen molar-refractivity contribution < 1.29 is 14.6 Å². The smallest absolute Gasteiger partial charge is 0.337 e. The van der Waals surface area contributed by atoms with Gasteiger partial charge in [-0.05, 0) is 31.4 Å². The number of aromatic nitrogens is 1. The number of allylic oxidation sites excluding steroid dienone is 1. The molecule has 2 N–H and O–H groups in total. The first kappa shape index (κ1) is 16.9. The number of fused-ring (bicyclic) bond motifs is 5. The number of para-hydroxylation sites is 1. The molecule has 1 unspecified atom stereocenters. The van der Waals surface area contributed by atoms with Crippen LogP contribution in [0.2, 0.25) is 0 Å². The molecule has 0 amide bonds. The Morgan fingerprint density at radius 3 is 2.92 bits per heavy atom. The fraction of sp³-hybridized carbons (Fsp3) is 0.381. The van der Waals surface area contributed by atoms with Gasteiger partial charge in [0, 0.05) is 35.6 Å². The van der Waals surface area contributed by atoms with Crippen molar-refractivity contribution in [3.8, 4) is 0 Å². The molecule has 0 radical (unpaired) electrons. The summed E-state index contributed by atoms with van der Waals surface area (Å²) in [6, 6.07) is 8.62. The second-order valence-electron chi connectivity index (χ2n) is 7.03. The van der Waals surface area contributed by atoms with Crippen LogP contribution in [0.5, 0.6) is 0 Å². The van der Waals surface area contributed by atoms with Crippen molar-refractivity contribution in [2.75, 3.05) is 20.2 Å². The quantitative estimate of drug-likeness (QED) is 0.375. The fourth-order valence-corrected chi connectivity index (χ4v) is 4.57. The van der Waals surface area contributed by atoms with Crippen LogP contribution in [0, 0.1) is 5.92 Å². The Hall–Kier alpha value is -2.53.